The number of hydrogen-bond donors (Lipinski definition) is 0. The topological polar surface area (TPSA) is 92.5 Å². The zero-order chi connectivity index (χ0) is 53.9. The Balaban J connectivity index is 0.000000184. The van der Waals surface area contributed by atoms with Crippen LogP contribution < -0.4 is 0 Å². The molecule has 6 aromatic carbocycles. The number of nitrogens with zero attached hydrogens (tertiary/aromatic N) is 8. The van der Waals surface area contributed by atoms with Crippen LogP contribution in [-0.4, -0.2) is 23.7 Å². The van der Waals surface area contributed by atoms with Crippen LogP contribution in [0.4, 0.5) is 5.69 Å². The second-order valence-electron chi connectivity index (χ2n) is 20.5. The molecule has 0 N–H and O–H groups in total. The van der Waals surface area contributed by atoms with Crippen molar-refractivity contribution in [3.05, 3.63) is 226 Å². The smallest absolute Gasteiger partial charge is 0.109 e. The largest absolute Gasteiger partial charge is 0.433 e. The summed E-state index contributed by atoms with van der Waals surface area (Å²) in [4.78, 5) is 12.7. The average molecular weight is 1180 g/mol. The summed E-state index contributed by atoms with van der Waals surface area (Å²) in [6.07, 6.45) is 9.67. The summed E-state index contributed by atoms with van der Waals surface area (Å²) in [5.74, 6) is 4.08. The van der Waals surface area contributed by atoms with Crippen molar-refractivity contribution in [2.45, 2.75) is 119 Å². The van der Waals surface area contributed by atoms with Crippen LogP contribution in [0.1, 0.15) is 163 Å². The first kappa shape index (κ1) is 57.4. The molecule has 9 aromatic rings. The van der Waals surface area contributed by atoms with Gasteiger partial charge >= 0.3 is 0 Å². The molecule has 0 aliphatic carbocycles. The number of rotatable bonds is 12. The molecule has 0 atom stereocenters. The van der Waals surface area contributed by atoms with Gasteiger partial charge < -0.3 is 13.7 Å². The number of para-hydroxylation sites is 3. The molecule has 0 unspecified atom stereocenters. The summed E-state index contributed by atoms with van der Waals surface area (Å²) >= 11 is 0. The molecule has 9 heteroatoms. The molecular formula is C67H66IrN8-4. The van der Waals surface area contributed by atoms with Crippen LogP contribution >= 0.6 is 0 Å². The van der Waals surface area contributed by atoms with Gasteiger partial charge in [-0.1, -0.05) is 144 Å². The predicted octanol–water partition coefficient (Wildman–Crippen LogP) is 17.5. The SMILES string of the molecule is CC(C)c1cccc(C(C)C)c1-n1cc[c-]c1-c1[c-]ccc(C#N)c1.CC(C)c1cccc(C(C)C)c1-n1ccnc1-c1[c-]ccc(C#N)c1.[C-]#[N+]c1cc[c-]c(-c2nccn2-c2c(C(C)C)cccc2C(C)C)c1.[Ir]. The first-order valence-corrected chi connectivity index (χ1v) is 25.9. The van der Waals surface area contributed by atoms with E-state index in [0.717, 1.165) is 34.0 Å². The van der Waals surface area contributed by atoms with Gasteiger partial charge in [0.15, 0.2) is 0 Å². The fourth-order valence-corrected chi connectivity index (χ4v) is 9.46. The molecule has 9 rings (SSSR count). The summed E-state index contributed by atoms with van der Waals surface area (Å²) in [7, 11) is 0. The Bertz CT molecular complexity index is 3070. The molecule has 8 nitrogen and oxygen atoms in total. The van der Waals surface area contributed by atoms with Gasteiger partial charge in [-0.25, -0.2) is 17.7 Å². The van der Waals surface area contributed by atoms with E-state index >= 15 is 0 Å². The summed E-state index contributed by atoms with van der Waals surface area (Å²) in [6.45, 7) is 33.8. The van der Waals surface area contributed by atoms with E-state index < -0.39 is 0 Å². The molecule has 0 amide bonds. The molecule has 0 saturated heterocycles. The fourth-order valence-electron chi connectivity index (χ4n) is 9.46. The van der Waals surface area contributed by atoms with Crippen molar-refractivity contribution < 1.29 is 20.1 Å². The zero-order valence-corrected chi connectivity index (χ0v) is 48.1. The third-order valence-electron chi connectivity index (χ3n) is 13.2. The van der Waals surface area contributed by atoms with Crippen LogP contribution in [0.5, 0.6) is 0 Å². The van der Waals surface area contributed by atoms with Crippen molar-refractivity contribution in [1.82, 2.24) is 23.7 Å². The average Bonchev–Trinajstić information content (AvgIpc) is 4.24. The van der Waals surface area contributed by atoms with E-state index in [-0.39, 0.29) is 20.1 Å². The molecule has 76 heavy (non-hydrogen) atoms. The number of imidazole rings is 2. The van der Waals surface area contributed by atoms with Crippen molar-refractivity contribution in [2.24, 2.45) is 0 Å². The van der Waals surface area contributed by atoms with Crippen molar-refractivity contribution >= 4 is 5.69 Å². The number of aromatic nitrogens is 5. The van der Waals surface area contributed by atoms with Gasteiger partial charge in [-0.05, 0) is 80.0 Å². The van der Waals surface area contributed by atoms with Crippen LogP contribution in [0.3, 0.4) is 0 Å². The summed E-state index contributed by atoms with van der Waals surface area (Å²) in [6, 6.07) is 55.1. The summed E-state index contributed by atoms with van der Waals surface area (Å²) in [5, 5.41) is 18.4. The van der Waals surface area contributed by atoms with E-state index in [1.54, 1.807) is 36.4 Å². The van der Waals surface area contributed by atoms with Crippen molar-refractivity contribution in [3.63, 3.8) is 0 Å². The van der Waals surface area contributed by atoms with E-state index in [1.165, 1.54) is 50.4 Å². The quantitative estimate of drug-likeness (QED) is 0.114. The van der Waals surface area contributed by atoms with Crippen molar-refractivity contribution in [2.75, 3.05) is 0 Å². The van der Waals surface area contributed by atoms with E-state index in [1.807, 2.05) is 49.1 Å². The standard InChI is InChI=1S/C23H22N2.2C22H22N3.Ir/c1-16(2)20-10-6-11-21(17(3)4)23(20)25-13-7-12-22(25)19-9-5-8-18(14-19)15-24;1-15(2)19-10-7-11-20(16(3)4)21(19)25-13-12-24-22(25)17-8-6-9-18(14-17)23-5;1-15(2)19-9-6-10-20(16(3)4)21(19)25-12-11-24-22(25)18-8-5-7-17(13-18)14-23;/h5-8,10-11,13-14,16-17H,1-4H3;6-7,9-16H,1-4H3;5-7,9-13,15-16H,1-4H3;/q-2;2*-1;. The van der Waals surface area contributed by atoms with Crippen LogP contribution in [0.2, 0.25) is 0 Å². The Kier molecular flexibility index (Phi) is 19.7. The Morgan fingerprint density at radius 2 is 0.803 bits per heavy atom. The molecule has 0 spiro atoms. The Morgan fingerprint density at radius 1 is 0.447 bits per heavy atom. The zero-order valence-electron chi connectivity index (χ0n) is 45.7. The monoisotopic (exact) mass is 1180 g/mol. The number of hydrogen-bond acceptors (Lipinski definition) is 4. The number of benzene rings is 6. The molecule has 0 aliphatic rings. The Hall–Kier alpha value is -7.86. The van der Waals surface area contributed by atoms with Gasteiger partial charge in [-0.15, -0.1) is 59.7 Å². The third-order valence-corrected chi connectivity index (χ3v) is 13.2. The van der Waals surface area contributed by atoms with E-state index in [0.29, 0.717) is 52.3 Å². The minimum atomic E-state index is 0. The second kappa shape index (κ2) is 26.1. The van der Waals surface area contributed by atoms with Crippen LogP contribution in [0.15, 0.2) is 146 Å². The third kappa shape index (κ3) is 12.8. The maximum absolute atomic E-state index is 9.20. The molecule has 0 bridgehead atoms. The number of nitriles is 2. The van der Waals surface area contributed by atoms with Crippen molar-refractivity contribution in [1.29, 1.82) is 10.5 Å². The first-order chi connectivity index (χ1) is 36.1. The molecule has 0 fully saturated rings. The normalized spacial score (nSPS) is 10.9. The predicted molar refractivity (Wildman–Crippen MR) is 305 cm³/mol. The van der Waals surface area contributed by atoms with Gasteiger partial charge in [0.2, 0.25) is 0 Å². The van der Waals surface area contributed by atoms with Gasteiger partial charge in [-0.3, -0.25) is 14.8 Å². The van der Waals surface area contributed by atoms with E-state index in [2.05, 4.69) is 209 Å². The van der Waals surface area contributed by atoms with Gasteiger partial charge in [0.1, 0.15) is 5.69 Å². The van der Waals surface area contributed by atoms with Crippen LogP contribution in [-0.2, 0) is 20.1 Å². The molecule has 387 valence electrons. The minimum Gasteiger partial charge on any atom is -0.433 e. The molecule has 0 aliphatic heterocycles. The van der Waals surface area contributed by atoms with Crippen LogP contribution in [0.25, 0.3) is 55.9 Å². The summed E-state index contributed by atoms with van der Waals surface area (Å²) in [5.41, 5.74) is 16.8. The molecular weight excluding hydrogens is 1110 g/mol. The van der Waals surface area contributed by atoms with Gasteiger partial charge in [0, 0.05) is 62.0 Å². The fraction of sp³-hybridized carbons (Fsp3) is 0.269. The first-order valence-electron chi connectivity index (χ1n) is 25.9. The van der Waals surface area contributed by atoms with Gasteiger partial charge in [0.05, 0.1) is 30.4 Å². The van der Waals surface area contributed by atoms with E-state index in [9.17, 15) is 10.5 Å². The van der Waals surface area contributed by atoms with Gasteiger partial charge in [-0.2, -0.15) is 40.5 Å². The second-order valence-corrected chi connectivity index (χ2v) is 20.5. The maximum atomic E-state index is 9.20. The molecule has 3 aromatic heterocycles. The molecule has 1 radical (unpaired) electrons. The van der Waals surface area contributed by atoms with E-state index in [4.69, 9.17) is 6.57 Å². The van der Waals surface area contributed by atoms with Crippen LogP contribution in [0, 0.1) is 53.5 Å². The molecule has 3 heterocycles. The Labute approximate surface area is 465 Å². The molecule has 0 saturated carbocycles. The summed E-state index contributed by atoms with van der Waals surface area (Å²) < 4.78 is 6.47. The van der Waals surface area contributed by atoms with Crippen molar-refractivity contribution in [3.8, 4) is 63.2 Å². The maximum Gasteiger partial charge on any atom is 0.109 e. The van der Waals surface area contributed by atoms with Gasteiger partial charge in [0.25, 0.3) is 0 Å². The minimum absolute atomic E-state index is 0. The Morgan fingerprint density at radius 3 is 1.18 bits per heavy atom.